The monoisotopic (exact) mass is 341 g/mol. The molecular formula is C14H12ClNO5S. The van der Waals surface area contributed by atoms with Crippen molar-refractivity contribution in [1.82, 2.24) is 4.98 Å². The Bertz CT molecular complexity index is 777. The van der Waals surface area contributed by atoms with Crippen molar-refractivity contribution in [3.05, 3.63) is 53.6 Å². The first-order chi connectivity index (χ1) is 10.4. The number of methoxy groups -OCH3 is 1. The van der Waals surface area contributed by atoms with Gasteiger partial charge in [0.05, 0.1) is 12.7 Å². The van der Waals surface area contributed by atoms with Gasteiger partial charge in [-0.25, -0.2) is 18.2 Å². The van der Waals surface area contributed by atoms with Gasteiger partial charge in [0.25, 0.3) is 9.05 Å². The Morgan fingerprint density at radius 2 is 1.91 bits per heavy atom. The van der Waals surface area contributed by atoms with Crippen molar-refractivity contribution in [2.45, 2.75) is 11.6 Å². The number of hydrogen-bond donors (Lipinski definition) is 0. The maximum Gasteiger partial charge on any atom is 0.338 e. The average Bonchev–Trinajstić information content (AvgIpc) is 2.52. The quantitative estimate of drug-likeness (QED) is 0.613. The van der Waals surface area contributed by atoms with Gasteiger partial charge in [-0.15, -0.1) is 0 Å². The van der Waals surface area contributed by atoms with Crippen molar-refractivity contribution in [1.29, 1.82) is 0 Å². The summed E-state index contributed by atoms with van der Waals surface area (Å²) in [4.78, 5) is 15.4. The van der Waals surface area contributed by atoms with Crippen molar-refractivity contribution in [2.75, 3.05) is 7.11 Å². The van der Waals surface area contributed by atoms with Gasteiger partial charge in [0.15, 0.2) is 5.03 Å². The fourth-order valence-electron chi connectivity index (χ4n) is 1.65. The van der Waals surface area contributed by atoms with Crippen LogP contribution in [0.1, 0.15) is 15.9 Å². The molecule has 0 saturated heterocycles. The fourth-order valence-corrected chi connectivity index (χ4v) is 2.35. The second-order valence-corrected chi connectivity index (χ2v) is 6.75. The second-order valence-electron chi connectivity index (χ2n) is 4.24. The molecule has 0 radical (unpaired) electrons. The Labute approximate surface area is 132 Å². The number of nitrogens with zero attached hydrogens (tertiary/aromatic N) is 1. The van der Waals surface area contributed by atoms with E-state index in [1.165, 1.54) is 13.2 Å². The normalized spacial score (nSPS) is 11.0. The number of benzene rings is 1. The first-order valence-corrected chi connectivity index (χ1v) is 8.43. The van der Waals surface area contributed by atoms with E-state index < -0.39 is 20.0 Å². The van der Waals surface area contributed by atoms with Crippen LogP contribution < -0.4 is 4.74 Å². The van der Waals surface area contributed by atoms with Crippen LogP contribution in [0.15, 0.2) is 47.5 Å². The largest absolute Gasteiger partial charge is 0.473 e. The van der Waals surface area contributed by atoms with E-state index in [1.807, 2.05) is 30.3 Å². The number of hydrogen-bond acceptors (Lipinski definition) is 6. The molecule has 0 bridgehead atoms. The molecule has 1 heterocycles. The lowest BCUT2D eigenvalue weighted by atomic mass is 10.2. The SMILES string of the molecule is COC(=O)c1cc(OCc2ccccc2)nc(S(=O)(=O)Cl)c1. The van der Waals surface area contributed by atoms with Crippen LogP contribution in [0.2, 0.25) is 0 Å². The smallest absolute Gasteiger partial charge is 0.338 e. The van der Waals surface area contributed by atoms with E-state index in [0.29, 0.717) is 0 Å². The molecule has 1 aromatic heterocycles. The van der Waals surface area contributed by atoms with E-state index in [1.54, 1.807) is 0 Å². The molecule has 1 aromatic carbocycles. The molecule has 2 aromatic rings. The zero-order valence-corrected chi connectivity index (χ0v) is 13.1. The number of halogens is 1. The highest BCUT2D eigenvalue weighted by atomic mass is 35.7. The van der Waals surface area contributed by atoms with Gasteiger partial charge in [-0.05, 0) is 11.6 Å². The van der Waals surface area contributed by atoms with E-state index in [9.17, 15) is 13.2 Å². The summed E-state index contributed by atoms with van der Waals surface area (Å²) in [5, 5.41) is -0.472. The average molecular weight is 342 g/mol. The van der Waals surface area contributed by atoms with E-state index in [0.717, 1.165) is 11.6 Å². The van der Waals surface area contributed by atoms with Crippen molar-refractivity contribution < 1.29 is 22.7 Å². The van der Waals surface area contributed by atoms with Gasteiger partial charge >= 0.3 is 5.97 Å². The second kappa shape index (κ2) is 6.76. The summed E-state index contributed by atoms with van der Waals surface area (Å²) in [6, 6.07) is 11.5. The van der Waals surface area contributed by atoms with Crippen LogP contribution in [0, 0.1) is 0 Å². The summed E-state index contributed by atoms with van der Waals surface area (Å²) in [6.07, 6.45) is 0. The van der Waals surface area contributed by atoms with Crippen molar-refractivity contribution in [3.8, 4) is 5.88 Å². The number of carbonyl (C=O) groups is 1. The zero-order valence-electron chi connectivity index (χ0n) is 11.5. The molecule has 0 fully saturated rings. The Morgan fingerprint density at radius 3 is 2.50 bits per heavy atom. The third-order valence-electron chi connectivity index (χ3n) is 2.68. The molecule has 6 nitrogen and oxygen atoms in total. The minimum absolute atomic E-state index is 0.0141. The maximum absolute atomic E-state index is 11.6. The van der Waals surface area contributed by atoms with Crippen LogP contribution >= 0.6 is 10.7 Å². The van der Waals surface area contributed by atoms with Crippen molar-refractivity contribution in [2.24, 2.45) is 0 Å². The highest BCUT2D eigenvalue weighted by Gasteiger charge is 2.18. The maximum atomic E-state index is 11.6. The fraction of sp³-hybridized carbons (Fsp3) is 0.143. The number of carbonyl (C=O) groups excluding carboxylic acids is 1. The number of ether oxygens (including phenoxy) is 2. The Kier molecular flexibility index (Phi) is 4.99. The molecule has 0 saturated carbocycles. The molecule has 0 atom stereocenters. The molecule has 116 valence electrons. The minimum Gasteiger partial charge on any atom is -0.473 e. The Hall–Kier alpha value is -2.12. The van der Waals surface area contributed by atoms with Crippen LogP contribution in [0.4, 0.5) is 0 Å². The molecule has 8 heteroatoms. The predicted molar refractivity (Wildman–Crippen MR) is 79.4 cm³/mol. The summed E-state index contributed by atoms with van der Waals surface area (Å²) >= 11 is 0. The lowest BCUT2D eigenvalue weighted by Crippen LogP contribution is -2.07. The topological polar surface area (TPSA) is 82.6 Å². The third kappa shape index (κ3) is 4.19. The summed E-state index contributed by atoms with van der Waals surface area (Å²) in [5.41, 5.74) is 0.850. The Balaban J connectivity index is 2.32. The molecular weight excluding hydrogens is 330 g/mol. The molecule has 0 aliphatic rings. The van der Waals surface area contributed by atoms with Gasteiger partial charge in [0.2, 0.25) is 5.88 Å². The third-order valence-corrected chi connectivity index (χ3v) is 3.86. The van der Waals surface area contributed by atoms with Crippen LogP contribution in [0.3, 0.4) is 0 Å². The molecule has 0 aliphatic carbocycles. The molecule has 0 aliphatic heterocycles. The summed E-state index contributed by atoms with van der Waals surface area (Å²) in [7, 11) is 2.35. The first-order valence-electron chi connectivity index (χ1n) is 6.12. The van der Waals surface area contributed by atoms with Crippen molar-refractivity contribution >= 4 is 25.7 Å². The minimum atomic E-state index is -4.10. The van der Waals surface area contributed by atoms with Gasteiger partial charge < -0.3 is 9.47 Å². The highest BCUT2D eigenvalue weighted by Crippen LogP contribution is 2.20. The van der Waals surface area contributed by atoms with Crippen molar-refractivity contribution in [3.63, 3.8) is 0 Å². The van der Waals surface area contributed by atoms with Crippen LogP contribution in [-0.2, 0) is 20.4 Å². The summed E-state index contributed by atoms with van der Waals surface area (Å²) < 4.78 is 32.8. The number of pyridine rings is 1. The highest BCUT2D eigenvalue weighted by molar-refractivity contribution is 8.13. The van der Waals surface area contributed by atoms with E-state index >= 15 is 0 Å². The van der Waals surface area contributed by atoms with Gasteiger partial charge in [0.1, 0.15) is 6.61 Å². The van der Waals surface area contributed by atoms with Gasteiger partial charge in [-0.1, -0.05) is 30.3 Å². The standard InChI is InChI=1S/C14H12ClNO5S/c1-20-14(17)11-7-12(16-13(8-11)22(15,18)19)21-9-10-5-3-2-4-6-10/h2-8H,9H2,1H3. The van der Waals surface area contributed by atoms with Gasteiger partial charge in [-0.3, -0.25) is 0 Å². The molecule has 0 amide bonds. The lowest BCUT2D eigenvalue weighted by molar-refractivity contribution is 0.0599. The number of esters is 1. The van der Waals surface area contributed by atoms with Gasteiger partial charge in [-0.2, -0.15) is 0 Å². The zero-order chi connectivity index (χ0) is 16.2. The van der Waals surface area contributed by atoms with E-state index in [-0.39, 0.29) is 18.1 Å². The van der Waals surface area contributed by atoms with Crippen LogP contribution in [-0.4, -0.2) is 26.5 Å². The van der Waals surface area contributed by atoms with Gasteiger partial charge in [0, 0.05) is 16.7 Å². The van der Waals surface area contributed by atoms with Crippen LogP contribution in [0.25, 0.3) is 0 Å². The van der Waals surface area contributed by atoms with E-state index in [4.69, 9.17) is 15.4 Å². The number of rotatable bonds is 5. The number of aromatic nitrogens is 1. The predicted octanol–water partition coefficient (Wildman–Crippen LogP) is 2.37. The molecule has 0 N–H and O–H groups in total. The Morgan fingerprint density at radius 1 is 1.23 bits per heavy atom. The summed E-state index contributed by atoms with van der Waals surface area (Å²) in [5.74, 6) is -0.750. The van der Waals surface area contributed by atoms with E-state index in [2.05, 4.69) is 9.72 Å². The molecule has 22 heavy (non-hydrogen) atoms. The molecule has 0 spiro atoms. The molecule has 2 rings (SSSR count). The first kappa shape index (κ1) is 16.3. The summed E-state index contributed by atoms with van der Waals surface area (Å²) in [6.45, 7) is 0.167. The molecule has 0 unspecified atom stereocenters. The van der Waals surface area contributed by atoms with Crippen LogP contribution in [0.5, 0.6) is 5.88 Å². The lowest BCUT2D eigenvalue weighted by Gasteiger charge is -2.08.